The predicted molar refractivity (Wildman–Crippen MR) is 130 cm³/mol. The van der Waals surface area contributed by atoms with Gasteiger partial charge in [0.15, 0.2) is 0 Å². The second kappa shape index (κ2) is 8.84. The fourth-order valence-corrected chi connectivity index (χ4v) is 8.20. The fraction of sp³-hybridized carbons (Fsp3) is 0.100. The van der Waals surface area contributed by atoms with Gasteiger partial charge in [0.05, 0.1) is 8.47 Å². The van der Waals surface area contributed by atoms with Crippen molar-refractivity contribution in [1.29, 1.82) is 0 Å². The molecule has 2 aromatic carbocycles. The lowest BCUT2D eigenvalue weighted by molar-refractivity contribution is 1.45. The van der Waals surface area contributed by atoms with Gasteiger partial charge in [0, 0.05) is 19.6 Å². The van der Waals surface area contributed by atoms with E-state index in [1.165, 1.54) is 39.2 Å². The standard InChI is InChI=1S/C20H16S6/c1-21-15-7-3-13(4-8-15)17-11-23-19(25-17)20-24-12-18(26-20)14-5-9-16(22-2)10-6-14/h3-12H,1-2H3. The third-order valence-electron chi connectivity index (χ3n) is 3.87. The van der Waals surface area contributed by atoms with Gasteiger partial charge in [-0.2, -0.15) is 0 Å². The Kier molecular flexibility index (Phi) is 6.49. The van der Waals surface area contributed by atoms with Crippen LogP contribution < -0.4 is 0 Å². The summed E-state index contributed by atoms with van der Waals surface area (Å²) in [7, 11) is 0. The molecule has 0 bridgehead atoms. The van der Waals surface area contributed by atoms with Crippen molar-refractivity contribution in [2.45, 2.75) is 9.79 Å². The third-order valence-corrected chi connectivity index (χ3v) is 10.7. The first-order valence-electron chi connectivity index (χ1n) is 7.89. The van der Waals surface area contributed by atoms with Crippen molar-refractivity contribution in [1.82, 2.24) is 0 Å². The van der Waals surface area contributed by atoms with Crippen molar-refractivity contribution in [2.24, 2.45) is 0 Å². The van der Waals surface area contributed by atoms with E-state index < -0.39 is 0 Å². The molecule has 0 atom stereocenters. The average Bonchev–Trinajstić information content (AvgIpc) is 3.38. The quantitative estimate of drug-likeness (QED) is 0.427. The molecule has 0 N–H and O–H groups in total. The number of benzene rings is 2. The number of thioether (sulfide) groups is 6. The Balaban J connectivity index is 1.45. The Morgan fingerprint density at radius 3 is 1.31 bits per heavy atom. The summed E-state index contributed by atoms with van der Waals surface area (Å²) in [5.41, 5.74) is 2.62. The minimum atomic E-state index is 1.31. The van der Waals surface area contributed by atoms with Crippen LogP contribution in [0.5, 0.6) is 0 Å². The summed E-state index contributed by atoms with van der Waals surface area (Å²) >= 11 is 11.1. The normalized spacial score (nSPS) is 19.6. The average molecular weight is 449 g/mol. The lowest BCUT2D eigenvalue weighted by atomic mass is 10.2. The molecular weight excluding hydrogens is 433 g/mol. The summed E-state index contributed by atoms with van der Waals surface area (Å²) in [6, 6.07) is 17.7. The molecule has 0 spiro atoms. The van der Waals surface area contributed by atoms with Crippen molar-refractivity contribution >= 4 is 80.4 Å². The second-order valence-electron chi connectivity index (χ2n) is 5.44. The van der Waals surface area contributed by atoms with Crippen LogP contribution in [0.15, 0.2) is 77.6 Å². The van der Waals surface area contributed by atoms with Crippen molar-refractivity contribution in [3.05, 3.63) is 78.9 Å². The van der Waals surface area contributed by atoms with Crippen LogP contribution in [0.2, 0.25) is 0 Å². The Labute approximate surface area is 180 Å². The van der Waals surface area contributed by atoms with Gasteiger partial charge < -0.3 is 0 Å². The largest absolute Gasteiger partial charge is 0.130 e. The van der Waals surface area contributed by atoms with Crippen LogP contribution in [0.1, 0.15) is 11.1 Å². The molecule has 0 nitrogen and oxygen atoms in total. The third kappa shape index (κ3) is 4.26. The van der Waals surface area contributed by atoms with Gasteiger partial charge in [-0.3, -0.25) is 0 Å². The first kappa shape index (κ1) is 19.1. The molecule has 2 aliphatic rings. The second-order valence-corrected chi connectivity index (χ2v) is 11.6. The smallest absolute Gasteiger partial charge is 0.0700 e. The van der Waals surface area contributed by atoms with Gasteiger partial charge in [0.2, 0.25) is 0 Å². The SMILES string of the molecule is CSc1ccc(C2=CSC(=C3SC=C(c4ccc(SC)cc4)S3)S2)cc1. The number of hydrogen-bond acceptors (Lipinski definition) is 6. The molecule has 132 valence electrons. The van der Waals surface area contributed by atoms with Crippen LogP contribution in [0, 0.1) is 0 Å². The van der Waals surface area contributed by atoms with Crippen LogP contribution >= 0.6 is 70.6 Å². The Hall–Kier alpha value is -0.240. The van der Waals surface area contributed by atoms with Crippen LogP contribution in [-0.4, -0.2) is 12.5 Å². The van der Waals surface area contributed by atoms with Gasteiger partial charge in [-0.1, -0.05) is 71.3 Å². The molecule has 0 radical (unpaired) electrons. The molecule has 0 amide bonds. The molecule has 2 aliphatic heterocycles. The van der Waals surface area contributed by atoms with Crippen molar-refractivity contribution in [3.8, 4) is 0 Å². The first-order valence-corrected chi connectivity index (χ1v) is 13.7. The highest BCUT2D eigenvalue weighted by Gasteiger charge is 2.23. The summed E-state index contributed by atoms with van der Waals surface area (Å²) in [5, 5.41) is 4.57. The number of rotatable bonds is 4. The van der Waals surface area contributed by atoms with E-state index in [0.29, 0.717) is 0 Å². The maximum Gasteiger partial charge on any atom is 0.0700 e. The van der Waals surface area contributed by atoms with Crippen molar-refractivity contribution < 1.29 is 0 Å². The monoisotopic (exact) mass is 448 g/mol. The Morgan fingerprint density at radius 1 is 0.577 bits per heavy atom. The molecule has 0 unspecified atom stereocenters. The van der Waals surface area contributed by atoms with Gasteiger partial charge in [-0.15, -0.1) is 23.5 Å². The topological polar surface area (TPSA) is 0 Å². The minimum Gasteiger partial charge on any atom is -0.130 e. The maximum atomic E-state index is 2.29. The molecule has 0 saturated carbocycles. The van der Waals surface area contributed by atoms with Crippen LogP contribution in [-0.2, 0) is 0 Å². The minimum absolute atomic E-state index is 1.31. The van der Waals surface area contributed by atoms with E-state index in [1.54, 1.807) is 23.5 Å². The fourth-order valence-electron chi connectivity index (χ4n) is 2.45. The van der Waals surface area contributed by atoms with E-state index in [-0.39, 0.29) is 0 Å². The molecule has 0 aliphatic carbocycles. The highest BCUT2D eigenvalue weighted by Crippen LogP contribution is 2.58. The van der Waals surface area contributed by atoms with Crippen LogP contribution in [0.25, 0.3) is 9.81 Å². The summed E-state index contributed by atoms with van der Waals surface area (Å²) in [6.45, 7) is 0. The molecule has 2 aromatic rings. The van der Waals surface area contributed by atoms with Crippen molar-refractivity contribution in [3.63, 3.8) is 0 Å². The summed E-state index contributed by atoms with van der Waals surface area (Å²) in [5.74, 6) is 0. The van der Waals surface area contributed by atoms with Gasteiger partial charge >= 0.3 is 0 Å². The summed E-state index contributed by atoms with van der Waals surface area (Å²) in [6.07, 6.45) is 4.23. The highest BCUT2D eigenvalue weighted by atomic mass is 32.2. The van der Waals surface area contributed by atoms with Gasteiger partial charge in [-0.05, 0) is 58.7 Å². The lowest BCUT2D eigenvalue weighted by Crippen LogP contribution is -1.78. The summed E-state index contributed by atoms with van der Waals surface area (Å²) < 4.78 is 2.80. The molecule has 2 heterocycles. The van der Waals surface area contributed by atoms with Gasteiger partial charge in [-0.25, -0.2) is 0 Å². The van der Waals surface area contributed by atoms with E-state index in [0.717, 1.165) is 0 Å². The highest BCUT2D eigenvalue weighted by molar-refractivity contribution is 8.36. The van der Waals surface area contributed by atoms with Crippen LogP contribution in [0.3, 0.4) is 0 Å². The zero-order valence-corrected chi connectivity index (χ0v) is 19.1. The Morgan fingerprint density at radius 2 is 0.962 bits per heavy atom. The molecule has 0 saturated heterocycles. The van der Waals surface area contributed by atoms with E-state index in [1.807, 2.05) is 47.0 Å². The van der Waals surface area contributed by atoms with Gasteiger partial charge in [0.1, 0.15) is 0 Å². The predicted octanol–water partition coefficient (Wildman–Crippen LogP) is 8.51. The zero-order valence-electron chi connectivity index (χ0n) is 14.2. The zero-order chi connectivity index (χ0) is 17.9. The Bertz CT molecular complexity index is 815. The number of hydrogen-bond donors (Lipinski definition) is 0. The summed E-state index contributed by atoms with van der Waals surface area (Å²) in [4.78, 5) is 5.33. The van der Waals surface area contributed by atoms with E-state index in [2.05, 4.69) is 71.9 Å². The molecule has 26 heavy (non-hydrogen) atoms. The molecule has 0 fully saturated rings. The first-order chi connectivity index (χ1) is 12.8. The van der Waals surface area contributed by atoms with E-state index in [4.69, 9.17) is 0 Å². The molecular formula is C20H16S6. The maximum absolute atomic E-state index is 2.29. The van der Waals surface area contributed by atoms with E-state index >= 15 is 0 Å². The van der Waals surface area contributed by atoms with Crippen molar-refractivity contribution in [2.75, 3.05) is 12.5 Å². The van der Waals surface area contributed by atoms with Gasteiger partial charge in [0.25, 0.3) is 0 Å². The molecule has 4 rings (SSSR count). The van der Waals surface area contributed by atoms with E-state index in [9.17, 15) is 0 Å². The molecule has 0 aromatic heterocycles. The van der Waals surface area contributed by atoms with Crippen LogP contribution in [0.4, 0.5) is 0 Å². The molecule has 6 heteroatoms. The lowest BCUT2D eigenvalue weighted by Gasteiger charge is -2.06.